The van der Waals surface area contributed by atoms with Gasteiger partial charge in [-0.1, -0.05) is 171 Å². The Labute approximate surface area is 785 Å². The van der Waals surface area contributed by atoms with E-state index >= 15 is 28.8 Å². The number of amides is 16. The average molecular weight is 1890 g/mol. The topological polar surface area (TPSA) is 633 Å². The molecule has 0 radical (unpaired) electrons. The molecular formula is C94H125N19O21S. The number of aromatic hydroxyl groups is 1. The number of thioether (sulfide) groups is 1. The molecule has 0 spiro atoms. The maximum absolute atomic E-state index is 15.5. The van der Waals surface area contributed by atoms with Gasteiger partial charge in [0.05, 0.1) is 43.8 Å². The molecule has 16 amide bonds. The van der Waals surface area contributed by atoms with E-state index in [-0.39, 0.29) is 63.2 Å². The van der Waals surface area contributed by atoms with Gasteiger partial charge in [-0.05, 0) is 108 Å². The van der Waals surface area contributed by atoms with Gasteiger partial charge in [0, 0.05) is 61.6 Å². The van der Waals surface area contributed by atoms with Crippen molar-refractivity contribution >= 4 is 129 Å². The van der Waals surface area contributed by atoms with E-state index in [1.54, 1.807) is 127 Å². The number of ketones is 1. The van der Waals surface area contributed by atoms with Crippen molar-refractivity contribution in [1.82, 2.24) is 84.3 Å². The van der Waals surface area contributed by atoms with Crippen LogP contribution in [0.4, 0.5) is 0 Å². The highest BCUT2D eigenvalue weighted by molar-refractivity contribution is 8.00. The van der Waals surface area contributed by atoms with Gasteiger partial charge < -0.3 is 112 Å². The lowest BCUT2D eigenvalue weighted by atomic mass is 9.97. The fourth-order valence-electron chi connectivity index (χ4n) is 15.4. The molecule has 15 atom stereocenters. The first-order valence-corrected chi connectivity index (χ1v) is 46.0. The van der Waals surface area contributed by atoms with Gasteiger partial charge >= 0.3 is 5.97 Å². The Morgan fingerprint density at radius 1 is 0.459 bits per heavy atom. The second kappa shape index (κ2) is 51.5. The molecule has 40 nitrogen and oxygen atoms in total. The number of carbonyl (C=O) groups excluding carboxylic acids is 17. The monoisotopic (exact) mass is 1890 g/mol. The molecule has 0 aliphatic carbocycles. The van der Waals surface area contributed by atoms with Crippen molar-refractivity contribution in [3.8, 4) is 16.9 Å². The smallest absolute Gasteiger partial charge is 0.305 e. The molecule has 2 fully saturated rings. The quantitative estimate of drug-likeness (QED) is 0.0297. The number of benzene rings is 5. The van der Waals surface area contributed by atoms with Gasteiger partial charge in [0.25, 0.3) is 0 Å². The van der Waals surface area contributed by atoms with E-state index in [0.717, 1.165) is 27.8 Å². The number of primary amides is 2. The SMILES string of the molecule is CC(C)C[C@@H]1NC(=O)[C@H](Cc2c[nH]c3ccccc23)NC(=O)[C@H](CC(=O)O)NC(=O)[C@H](Cc2ccc(O)cc2)NC(=O)[C@H](Cc2ccccc2)NC(=O)CSC[C@@H](C(=O)CN[C@@H](C)C(N)=O)NC(=O)[C@H](CO)NC(=O)[C@H](C(C)C)NC(=O)[C@H](CC(C)C)NC(=O)[C@H](CC(N)=O)NC(=O)[C@H]2CCCN2C(=O)[C@H](CN)NC(=O)[C@H](C(C)C)NC(=O)[C@H](Cc2ccc(-c3ccccc3)cc2)NC1=O. The molecule has 24 N–H and O–H groups in total. The molecule has 0 unspecified atom stereocenters. The van der Waals surface area contributed by atoms with Crippen molar-refractivity contribution in [2.75, 3.05) is 37.7 Å². The van der Waals surface area contributed by atoms with Crippen LogP contribution in [-0.4, -0.2) is 260 Å². The highest BCUT2D eigenvalue weighted by Crippen LogP contribution is 2.25. The van der Waals surface area contributed by atoms with E-state index in [1.807, 2.05) is 30.3 Å². The number of aliphatic carboxylic acids is 1. The summed E-state index contributed by atoms with van der Waals surface area (Å²) >= 11 is 0.744. The number of rotatable bonds is 26. The first-order chi connectivity index (χ1) is 64.1. The zero-order chi connectivity index (χ0) is 99.0. The number of hydrogen-bond acceptors (Lipinski definition) is 23. The van der Waals surface area contributed by atoms with Crippen molar-refractivity contribution < 1.29 is 102 Å². The third-order valence-corrected chi connectivity index (χ3v) is 23.8. The Hall–Kier alpha value is -13.7. The van der Waals surface area contributed by atoms with Crippen molar-refractivity contribution in [2.24, 2.45) is 40.9 Å². The number of carboxylic acid groups (broad SMARTS) is 1. The Morgan fingerprint density at radius 2 is 0.881 bits per heavy atom. The number of fused-ring (bicyclic) bond motifs is 2. The predicted octanol–water partition coefficient (Wildman–Crippen LogP) is -1.41. The maximum Gasteiger partial charge on any atom is 0.305 e. The number of aliphatic hydroxyl groups excluding tert-OH is 1. The number of carboxylic acids is 1. The van der Waals surface area contributed by atoms with Crippen molar-refractivity contribution in [3.63, 3.8) is 0 Å². The predicted molar refractivity (Wildman–Crippen MR) is 499 cm³/mol. The fourth-order valence-corrected chi connectivity index (χ4v) is 16.3. The van der Waals surface area contributed by atoms with Crippen LogP contribution in [0.5, 0.6) is 5.75 Å². The molecule has 0 bridgehead atoms. The normalized spacial score (nSPS) is 23.8. The van der Waals surface area contributed by atoms with Crippen molar-refractivity contribution in [1.29, 1.82) is 0 Å². The number of aromatic amines is 1. The van der Waals surface area contributed by atoms with Gasteiger partial charge in [-0.2, -0.15) is 0 Å². The summed E-state index contributed by atoms with van der Waals surface area (Å²) in [5, 5.41) is 68.6. The number of aromatic nitrogens is 1. The summed E-state index contributed by atoms with van der Waals surface area (Å²) in [6.07, 6.45) is -1.80. The molecule has 8 rings (SSSR count). The Kier molecular flexibility index (Phi) is 40.7. The van der Waals surface area contributed by atoms with Gasteiger partial charge in [0.2, 0.25) is 94.5 Å². The standard InChI is InChI=1S/C94H125N19O21S/c1-49(2)35-63-82(122)104-67(38-55-26-30-58(31-27-55)57-21-14-11-15-22-57)89(129)112-79(51(5)6)92(132)108-71(43-95)94(134)113-34-18-25-74(113)91(131)107-69(41-76(96)117)86(126)102-64(36-50(3)4)88(128)111-80(52(7)8)93(133)109-72(46-114)90(130)110-73(75(116)45-98-53(9)81(97)121)47-135-48-77(118)100-65(37-54-19-12-10-13-20-54)83(123)103-66(39-56-28-32-60(115)33-29-56)84(124)106-70(42-78(119)120)87(127)105-68(85(125)101-63)40-59-44-99-62-24-17-16-23-61(59)62/h10-17,19-24,26-33,44,49-53,63-74,79-80,98-99,114-115H,18,25,34-43,45-48,95H2,1-9H3,(H2,96,117)(H2,97,121)(H,100,118)(H,101,125)(H,102,126)(H,103,123)(H,104,122)(H,105,127)(H,106,124)(H,107,131)(H,108,132)(H,109,133)(H,110,130)(H,111,128)(H,112,129)(H,119,120)/t53-,63-,64-,65-,66-,67-,68-,69-,70-,71-,72-,73-,74+,79-,80-/m0/s1. The summed E-state index contributed by atoms with van der Waals surface area (Å²) in [4.78, 5) is 264. The van der Waals surface area contributed by atoms with E-state index in [9.17, 15) is 72.9 Å². The van der Waals surface area contributed by atoms with E-state index in [0.29, 0.717) is 33.2 Å². The average Bonchev–Trinajstić information content (AvgIpc) is 1.70. The zero-order valence-electron chi connectivity index (χ0n) is 76.8. The molecule has 3 heterocycles. The van der Waals surface area contributed by atoms with Gasteiger partial charge in [-0.15, -0.1) is 11.8 Å². The maximum atomic E-state index is 15.5. The zero-order valence-corrected chi connectivity index (χ0v) is 77.7. The lowest BCUT2D eigenvalue weighted by Crippen LogP contribution is -2.62. The fraction of sp³-hybridized carbons (Fsp3) is 0.468. The van der Waals surface area contributed by atoms with Crippen LogP contribution in [0.25, 0.3) is 22.0 Å². The largest absolute Gasteiger partial charge is 0.508 e. The van der Waals surface area contributed by atoms with Crippen LogP contribution in [0.2, 0.25) is 0 Å². The lowest BCUT2D eigenvalue weighted by Gasteiger charge is -2.31. The number of nitrogens with two attached hydrogens (primary N) is 3. The Morgan fingerprint density at radius 3 is 1.39 bits per heavy atom. The second-order valence-corrected chi connectivity index (χ2v) is 36.2. The molecule has 135 heavy (non-hydrogen) atoms. The number of nitrogens with one attached hydrogen (secondary N) is 15. The number of para-hydroxylation sites is 1. The molecule has 41 heteroatoms. The molecule has 6 aromatic rings. The highest BCUT2D eigenvalue weighted by Gasteiger charge is 2.43. The minimum absolute atomic E-state index is 0.0195. The van der Waals surface area contributed by atoms with Gasteiger partial charge in [0.1, 0.15) is 84.3 Å². The number of phenolic OH excluding ortho intramolecular Hbond substituents is 1. The first-order valence-electron chi connectivity index (χ1n) is 44.8. The Balaban J connectivity index is 1.19. The van der Waals surface area contributed by atoms with Crippen LogP contribution in [0, 0.1) is 23.7 Å². The summed E-state index contributed by atoms with van der Waals surface area (Å²) in [6.45, 7) is 12.0. The minimum Gasteiger partial charge on any atom is -0.508 e. The third-order valence-electron chi connectivity index (χ3n) is 22.8. The van der Waals surface area contributed by atoms with Crippen LogP contribution < -0.4 is 91.6 Å². The number of carbonyl (C=O) groups is 18. The molecule has 2 aliphatic rings. The second-order valence-electron chi connectivity index (χ2n) is 35.2. The first kappa shape index (κ1) is 107. The molecule has 0 saturated carbocycles. The van der Waals surface area contributed by atoms with E-state index in [4.69, 9.17) is 17.2 Å². The number of Topliss-reactive ketones (excluding diaryl/α,β-unsaturated/α-hetero) is 1. The summed E-state index contributed by atoms with van der Waals surface area (Å²) in [7, 11) is 0. The summed E-state index contributed by atoms with van der Waals surface area (Å²) in [5.74, 6) is -22.3. The summed E-state index contributed by atoms with van der Waals surface area (Å²) < 4.78 is 0. The van der Waals surface area contributed by atoms with Crippen molar-refractivity contribution in [3.05, 3.63) is 162 Å². The molecular weight excluding hydrogens is 1760 g/mol. The minimum atomic E-state index is -2.07. The van der Waals surface area contributed by atoms with E-state index in [2.05, 4.69) is 79.4 Å². The Bertz CT molecular complexity index is 5180. The highest BCUT2D eigenvalue weighted by atomic mass is 32.2. The van der Waals surface area contributed by atoms with Crippen LogP contribution in [0.1, 0.15) is 123 Å². The molecule has 728 valence electrons. The van der Waals surface area contributed by atoms with Gasteiger partial charge in [0.15, 0.2) is 5.78 Å². The van der Waals surface area contributed by atoms with Crippen LogP contribution in [0.15, 0.2) is 140 Å². The molecule has 2 aliphatic heterocycles. The molecule has 1 aromatic heterocycles. The summed E-state index contributed by atoms with van der Waals surface area (Å²) in [5.41, 5.74) is 21.4. The van der Waals surface area contributed by atoms with Crippen LogP contribution >= 0.6 is 11.8 Å². The van der Waals surface area contributed by atoms with Crippen molar-refractivity contribution in [2.45, 2.75) is 217 Å². The number of nitrogens with zero attached hydrogens (tertiary/aromatic N) is 1. The van der Waals surface area contributed by atoms with Crippen LogP contribution in [0.3, 0.4) is 0 Å². The molecule has 5 aromatic carbocycles. The number of H-pyrrole nitrogens is 1. The third kappa shape index (κ3) is 32.6. The van der Waals surface area contributed by atoms with Gasteiger partial charge in [-0.25, -0.2) is 0 Å². The van der Waals surface area contributed by atoms with E-state index in [1.165, 1.54) is 45.0 Å². The number of aliphatic hydroxyl groups is 1. The van der Waals surface area contributed by atoms with Gasteiger partial charge in [-0.3, -0.25) is 91.6 Å². The summed E-state index contributed by atoms with van der Waals surface area (Å²) in [6, 6.07) is 12.8. The molecule has 2 saturated heterocycles. The number of phenols is 1. The number of hydrogen-bond donors (Lipinski definition) is 21. The van der Waals surface area contributed by atoms with Crippen LogP contribution in [-0.2, 0) is 112 Å². The lowest BCUT2D eigenvalue weighted by molar-refractivity contribution is -0.143. The van der Waals surface area contributed by atoms with E-state index < -0.39 is 265 Å².